The van der Waals surface area contributed by atoms with Crippen LogP contribution in [0.15, 0.2) is 55.0 Å². The normalized spacial score (nSPS) is 14.1. The van der Waals surface area contributed by atoms with Crippen molar-refractivity contribution in [2.45, 2.75) is 31.8 Å². The summed E-state index contributed by atoms with van der Waals surface area (Å²) < 4.78 is 1.98. The average molecular weight is 305 g/mol. The highest BCUT2D eigenvalue weighted by atomic mass is 16.1. The van der Waals surface area contributed by atoms with Gasteiger partial charge in [0.05, 0.1) is 0 Å². The van der Waals surface area contributed by atoms with Gasteiger partial charge in [-0.25, -0.2) is 0 Å². The van der Waals surface area contributed by atoms with Crippen molar-refractivity contribution >= 4 is 16.8 Å². The molecule has 1 aliphatic rings. The van der Waals surface area contributed by atoms with Crippen LogP contribution in [-0.2, 0) is 17.9 Å². The number of fused-ring (bicyclic) bond motifs is 1. The molecule has 0 spiro atoms. The molecule has 0 atom stereocenters. The molecule has 0 radical (unpaired) electrons. The number of hydrogen-bond acceptors (Lipinski definition) is 2. The zero-order chi connectivity index (χ0) is 15.6. The van der Waals surface area contributed by atoms with Crippen LogP contribution in [0.25, 0.3) is 10.9 Å². The van der Waals surface area contributed by atoms with Gasteiger partial charge in [0.1, 0.15) is 6.54 Å². The fourth-order valence-corrected chi connectivity index (χ4v) is 2.93. The lowest BCUT2D eigenvalue weighted by Gasteiger charge is -2.08. The summed E-state index contributed by atoms with van der Waals surface area (Å²) in [5, 5.41) is 4.14. The van der Waals surface area contributed by atoms with Gasteiger partial charge in [0.2, 0.25) is 5.91 Å². The second-order valence-electron chi connectivity index (χ2n) is 6.18. The van der Waals surface area contributed by atoms with E-state index in [-0.39, 0.29) is 5.91 Å². The fraction of sp³-hybridized carbons (Fsp3) is 0.263. The first kappa shape index (κ1) is 14.0. The molecule has 2 heterocycles. The number of benzene rings is 1. The van der Waals surface area contributed by atoms with E-state index in [9.17, 15) is 4.79 Å². The minimum atomic E-state index is 0.0168. The van der Waals surface area contributed by atoms with Crippen molar-refractivity contribution in [2.24, 2.45) is 0 Å². The van der Waals surface area contributed by atoms with Gasteiger partial charge < -0.3 is 9.88 Å². The van der Waals surface area contributed by atoms with E-state index in [0.29, 0.717) is 19.0 Å². The molecule has 2 aromatic heterocycles. The number of pyridine rings is 1. The predicted molar refractivity (Wildman–Crippen MR) is 90.0 cm³/mol. The van der Waals surface area contributed by atoms with Crippen LogP contribution in [0.4, 0.5) is 0 Å². The monoisotopic (exact) mass is 305 g/mol. The summed E-state index contributed by atoms with van der Waals surface area (Å²) in [6, 6.07) is 12.3. The number of aromatic nitrogens is 2. The van der Waals surface area contributed by atoms with Gasteiger partial charge in [0.25, 0.3) is 0 Å². The van der Waals surface area contributed by atoms with Crippen LogP contribution in [-0.4, -0.2) is 15.5 Å². The number of hydrogen-bond donors (Lipinski definition) is 1. The summed E-state index contributed by atoms with van der Waals surface area (Å²) >= 11 is 0. The molecule has 1 N–H and O–H groups in total. The van der Waals surface area contributed by atoms with Gasteiger partial charge in [-0.05, 0) is 47.4 Å². The molecule has 4 heteroatoms. The third-order valence-corrected chi connectivity index (χ3v) is 4.35. The van der Waals surface area contributed by atoms with Crippen molar-refractivity contribution in [3.8, 4) is 0 Å². The van der Waals surface area contributed by atoms with Crippen LogP contribution < -0.4 is 5.32 Å². The van der Waals surface area contributed by atoms with Gasteiger partial charge in [-0.2, -0.15) is 0 Å². The Balaban J connectivity index is 1.39. The summed E-state index contributed by atoms with van der Waals surface area (Å²) in [5.41, 5.74) is 3.45. The van der Waals surface area contributed by atoms with E-state index in [2.05, 4.69) is 22.4 Å². The SMILES string of the molecule is O=C(Cn1ccc2ccccc21)NCc1cncc(C2CC2)c1. The van der Waals surface area contributed by atoms with Gasteiger partial charge in [-0.15, -0.1) is 0 Å². The van der Waals surface area contributed by atoms with E-state index >= 15 is 0 Å². The number of rotatable bonds is 5. The second-order valence-corrected chi connectivity index (χ2v) is 6.18. The third kappa shape index (κ3) is 3.11. The van der Waals surface area contributed by atoms with Gasteiger partial charge >= 0.3 is 0 Å². The van der Waals surface area contributed by atoms with E-state index < -0.39 is 0 Å². The fourth-order valence-electron chi connectivity index (χ4n) is 2.93. The summed E-state index contributed by atoms with van der Waals surface area (Å²) in [4.78, 5) is 16.5. The molecule has 1 fully saturated rings. The summed E-state index contributed by atoms with van der Waals surface area (Å²) in [6.45, 7) is 0.870. The maximum atomic E-state index is 12.2. The minimum Gasteiger partial charge on any atom is -0.350 e. The first-order valence-electron chi connectivity index (χ1n) is 8.04. The first-order chi connectivity index (χ1) is 11.3. The molecule has 1 amide bonds. The number of carbonyl (C=O) groups excluding carboxylic acids is 1. The summed E-state index contributed by atoms with van der Waals surface area (Å²) in [5.74, 6) is 0.701. The van der Waals surface area contributed by atoms with E-state index in [1.165, 1.54) is 18.4 Å². The number of carbonyl (C=O) groups is 1. The number of para-hydroxylation sites is 1. The van der Waals surface area contributed by atoms with Crippen molar-refractivity contribution in [3.63, 3.8) is 0 Å². The zero-order valence-corrected chi connectivity index (χ0v) is 12.9. The Morgan fingerprint density at radius 3 is 2.96 bits per heavy atom. The lowest BCUT2D eigenvalue weighted by Crippen LogP contribution is -2.26. The van der Waals surface area contributed by atoms with Crippen molar-refractivity contribution < 1.29 is 4.79 Å². The highest BCUT2D eigenvalue weighted by Crippen LogP contribution is 2.39. The topological polar surface area (TPSA) is 46.9 Å². The van der Waals surface area contributed by atoms with Crippen LogP contribution in [0.3, 0.4) is 0 Å². The second kappa shape index (κ2) is 5.88. The molecule has 1 aromatic carbocycles. The lowest BCUT2D eigenvalue weighted by molar-refractivity contribution is -0.121. The Bertz CT molecular complexity index is 848. The van der Waals surface area contributed by atoms with E-state index in [4.69, 9.17) is 0 Å². The molecule has 23 heavy (non-hydrogen) atoms. The van der Waals surface area contributed by atoms with Crippen molar-refractivity contribution in [1.82, 2.24) is 14.9 Å². The Morgan fingerprint density at radius 2 is 2.09 bits per heavy atom. The van der Waals surface area contributed by atoms with Gasteiger partial charge in [0.15, 0.2) is 0 Å². The molecular formula is C19H19N3O. The van der Waals surface area contributed by atoms with Crippen LogP contribution >= 0.6 is 0 Å². The molecule has 3 aromatic rings. The molecule has 0 aliphatic heterocycles. The smallest absolute Gasteiger partial charge is 0.240 e. The predicted octanol–water partition coefficient (Wildman–Crippen LogP) is 3.23. The van der Waals surface area contributed by atoms with E-state index in [1.54, 1.807) is 0 Å². The zero-order valence-electron chi connectivity index (χ0n) is 12.9. The summed E-state index contributed by atoms with van der Waals surface area (Å²) in [7, 11) is 0. The third-order valence-electron chi connectivity index (χ3n) is 4.35. The van der Waals surface area contributed by atoms with E-state index in [0.717, 1.165) is 16.5 Å². The molecule has 1 saturated carbocycles. The molecule has 116 valence electrons. The van der Waals surface area contributed by atoms with Gasteiger partial charge in [-0.3, -0.25) is 9.78 Å². The Labute approximate surface area is 135 Å². The molecule has 0 unspecified atom stereocenters. The standard InChI is InChI=1S/C19H19N3O/c23-19(13-22-8-7-16-3-1-2-4-18(16)22)21-11-14-9-17(12-20-10-14)15-5-6-15/h1-4,7-10,12,15H,5-6,11,13H2,(H,21,23). The molecule has 1 aliphatic carbocycles. The Hall–Kier alpha value is -2.62. The molecular weight excluding hydrogens is 286 g/mol. The number of nitrogens with zero attached hydrogens (tertiary/aromatic N) is 2. The quantitative estimate of drug-likeness (QED) is 0.786. The molecule has 0 bridgehead atoms. The van der Waals surface area contributed by atoms with Gasteiger partial charge in [-0.1, -0.05) is 24.3 Å². The maximum absolute atomic E-state index is 12.2. The minimum absolute atomic E-state index is 0.0168. The maximum Gasteiger partial charge on any atom is 0.240 e. The first-order valence-corrected chi connectivity index (χ1v) is 8.04. The van der Waals surface area contributed by atoms with E-state index in [1.807, 2.05) is 47.4 Å². The van der Waals surface area contributed by atoms with Gasteiger partial charge in [0, 0.05) is 30.7 Å². The molecule has 0 saturated heterocycles. The lowest BCUT2D eigenvalue weighted by atomic mass is 10.1. The number of nitrogens with one attached hydrogen (secondary N) is 1. The largest absolute Gasteiger partial charge is 0.350 e. The number of amides is 1. The Kier molecular flexibility index (Phi) is 3.58. The van der Waals surface area contributed by atoms with Crippen molar-refractivity contribution in [3.05, 3.63) is 66.1 Å². The highest BCUT2D eigenvalue weighted by molar-refractivity contribution is 5.83. The van der Waals surface area contributed by atoms with Crippen LogP contribution in [0.1, 0.15) is 29.9 Å². The Morgan fingerprint density at radius 1 is 1.22 bits per heavy atom. The van der Waals surface area contributed by atoms with Crippen LogP contribution in [0.2, 0.25) is 0 Å². The molecule has 4 nitrogen and oxygen atoms in total. The highest BCUT2D eigenvalue weighted by Gasteiger charge is 2.23. The molecule has 4 rings (SSSR count). The van der Waals surface area contributed by atoms with Crippen LogP contribution in [0, 0.1) is 0 Å². The average Bonchev–Trinajstić information content (AvgIpc) is 3.36. The van der Waals surface area contributed by atoms with Crippen molar-refractivity contribution in [1.29, 1.82) is 0 Å². The van der Waals surface area contributed by atoms with Crippen LogP contribution in [0.5, 0.6) is 0 Å². The van der Waals surface area contributed by atoms with Crippen molar-refractivity contribution in [2.75, 3.05) is 0 Å². The summed E-state index contributed by atoms with van der Waals surface area (Å²) in [6.07, 6.45) is 8.25.